The van der Waals surface area contributed by atoms with Gasteiger partial charge in [0.1, 0.15) is 12.4 Å². The molecule has 4 nitrogen and oxygen atoms in total. The van der Waals surface area contributed by atoms with Crippen molar-refractivity contribution in [2.24, 2.45) is 11.8 Å². The fourth-order valence-electron chi connectivity index (χ4n) is 6.50. The number of para-hydroxylation sites is 2. The van der Waals surface area contributed by atoms with E-state index in [2.05, 4.69) is 27.7 Å². The summed E-state index contributed by atoms with van der Waals surface area (Å²) in [5, 5.41) is 13.6. The summed E-state index contributed by atoms with van der Waals surface area (Å²) in [5.41, 5.74) is 3.28. The van der Waals surface area contributed by atoms with Crippen LogP contribution in [0.15, 0.2) is 71.2 Å². The number of hydrogen-bond acceptors (Lipinski definition) is 3. The van der Waals surface area contributed by atoms with Crippen molar-refractivity contribution in [3.63, 3.8) is 0 Å². The quantitative estimate of drug-likeness (QED) is 0.248. The minimum Gasteiger partial charge on any atom is -0.871 e. The molecule has 2 aromatic carbocycles. The summed E-state index contributed by atoms with van der Waals surface area (Å²) in [6, 6.07) is 10.2. The Labute approximate surface area is 248 Å². The van der Waals surface area contributed by atoms with E-state index in [1.165, 1.54) is 12.1 Å². The number of halogens is 2. The minimum absolute atomic E-state index is 0.112. The van der Waals surface area contributed by atoms with Crippen LogP contribution in [0.4, 0.5) is 20.2 Å². The molecule has 0 atom stereocenters. The summed E-state index contributed by atoms with van der Waals surface area (Å²) in [7, 11) is 0. The van der Waals surface area contributed by atoms with Gasteiger partial charge in [-0.2, -0.15) is 8.97 Å². The Hall–Kier alpha value is -3.54. The predicted octanol–water partition coefficient (Wildman–Crippen LogP) is 7.24. The minimum atomic E-state index is -0.587. The molecule has 6 heteroatoms. The fourth-order valence-corrected chi connectivity index (χ4v) is 6.50. The number of nitrogens with zero attached hydrogens (tertiary/aromatic N) is 2. The van der Waals surface area contributed by atoms with E-state index in [-0.39, 0.29) is 34.3 Å². The number of carbonyl (C=O) groups excluding carboxylic acids is 1. The lowest BCUT2D eigenvalue weighted by atomic mass is 9.77. The summed E-state index contributed by atoms with van der Waals surface area (Å²) in [5.74, 6) is -0.466. The van der Waals surface area contributed by atoms with Crippen molar-refractivity contribution in [3.8, 4) is 0 Å². The Bertz CT molecular complexity index is 1590. The lowest BCUT2D eigenvalue weighted by molar-refractivity contribution is -0.441. The van der Waals surface area contributed by atoms with Crippen LogP contribution in [-0.4, -0.2) is 29.2 Å². The van der Waals surface area contributed by atoms with Crippen molar-refractivity contribution in [1.29, 1.82) is 0 Å². The molecule has 0 saturated heterocycles. The second-order valence-electron chi connectivity index (χ2n) is 13.7. The topological polar surface area (TPSA) is 46.4 Å². The second kappa shape index (κ2) is 10.6. The van der Waals surface area contributed by atoms with Crippen LogP contribution in [0.3, 0.4) is 0 Å². The highest BCUT2D eigenvalue weighted by molar-refractivity contribution is 6.24. The molecule has 1 aliphatic carbocycles. The van der Waals surface area contributed by atoms with Crippen molar-refractivity contribution in [1.82, 2.24) is 0 Å². The van der Waals surface area contributed by atoms with E-state index in [0.29, 0.717) is 36.3 Å². The van der Waals surface area contributed by atoms with E-state index in [1.54, 1.807) is 24.3 Å². The van der Waals surface area contributed by atoms with Crippen molar-refractivity contribution < 1.29 is 23.3 Å². The summed E-state index contributed by atoms with van der Waals surface area (Å²) in [6.07, 6.45) is 5.02. The Morgan fingerprint density at radius 2 is 1.50 bits per heavy atom. The maximum atomic E-state index is 15.2. The Morgan fingerprint density at radius 3 is 2.12 bits per heavy atom. The molecule has 0 aromatic heterocycles. The monoisotopic (exact) mass is 572 g/mol. The average molecular weight is 573 g/mol. The van der Waals surface area contributed by atoms with Crippen molar-refractivity contribution in [3.05, 3.63) is 93.9 Å². The first-order valence-electron chi connectivity index (χ1n) is 15.1. The lowest BCUT2D eigenvalue weighted by Crippen LogP contribution is -2.35. The average Bonchev–Trinajstić information content (AvgIpc) is 3.27. The fraction of sp³-hybridized carbons (Fsp3) is 0.444. The van der Waals surface area contributed by atoms with Gasteiger partial charge in [-0.3, -0.25) is 4.79 Å². The third kappa shape index (κ3) is 4.73. The molecule has 0 saturated carbocycles. The van der Waals surface area contributed by atoms with Gasteiger partial charge >= 0.3 is 0 Å². The number of rotatable bonds is 8. The number of Topliss-reactive ketones (excluding diaryl/α,β-unsaturated/α-hetero) is 1. The van der Waals surface area contributed by atoms with E-state index in [4.69, 9.17) is 0 Å². The zero-order valence-electron chi connectivity index (χ0n) is 26.1. The largest absolute Gasteiger partial charge is 0.871 e. The van der Waals surface area contributed by atoms with Gasteiger partial charge in [-0.25, -0.2) is 4.39 Å². The highest BCUT2D eigenvalue weighted by atomic mass is 19.1. The van der Waals surface area contributed by atoms with Crippen molar-refractivity contribution in [2.75, 3.05) is 18.0 Å². The van der Waals surface area contributed by atoms with Crippen LogP contribution < -0.4 is 10.0 Å². The number of carbonyl (C=O) groups is 1. The lowest BCUT2D eigenvalue weighted by Gasteiger charge is -2.33. The molecule has 0 spiro atoms. The van der Waals surface area contributed by atoms with Gasteiger partial charge in [0.05, 0.1) is 11.1 Å². The van der Waals surface area contributed by atoms with E-state index < -0.39 is 10.8 Å². The van der Waals surface area contributed by atoms with E-state index >= 15 is 8.78 Å². The molecule has 42 heavy (non-hydrogen) atoms. The maximum absolute atomic E-state index is 15.2. The third-order valence-corrected chi connectivity index (χ3v) is 9.12. The normalized spacial score (nSPS) is 20.9. The van der Waals surface area contributed by atoms with E-state index in [1.807, 2.05) is 49.3 Å². The van der Waals surface area contributed by atoms with Crippen LogP contribution in [0.25, 0.3) is 0 Å². The van der Waals surface area contributed by atoms with Crippen molar-refractivity contribution in [2.45, 2.75) is 79.1 Å². The maximum Gasteiger partial charge on any atom is 0.245 e. The molecule has 0 bridgehead atoms. The number of fused-ring (bicyclic) bond motifs is 2. The van der Waals surface area contributed by atoms with Gasteiger partial charge in [0, 0.05) is 46.9 Å². The van der Waals surface area contributed by atoms with Crippen LogP contribution >= 0.6 is 0 Å². The summed E-state index contributed by atoms with van der Waals surface area (Å²) >= 11 is 0. The van der Waals surface area contributed by atoms with E-state index in [9.17, 15) is 9.90 Å². The molecule has 5 rings (SSSR count). The molecular formula is C36H42F2N2O2. The standard InChI is InChI=1S/C36H42F2N2O2/c1-21(2)15-17-39-29(35(5,6)25-11-9-13-27(37)31(25)39)19-23-33(41)24(34(23)42)20-30-36(7,8)26-12-10-14-28(38)32(26)40(30)18-16-22(3)4/h9-14,19-22H,15-18H2,1-8H3. The van der Waals surface area contributed by atoms with Crippen LogP contribution in [0, 0.1) is 23.5 Å². The first-order valence-corrected chi connectivity index (χ1v) is 15.1. The number of hydrogen-bond donors (Lipinski definition) is 0. The predicted molar refractivity (Wildman–Crippen MR) is 163 cm³/mol. The van der Waals surface area contributed by atoms with Crippen LogP contribution in [0.2, 0.25) is 0 Å². The van der Waals surface area contributed by atoms with Crippen LogP contribution in [0.5, 0.6) is 0 Å². The molecule has 2 aromatic rings. The zero-order valence-corrected chi connectivity index (χ0v) is 26.1. The molecule has 2 aliphatic heterocycles. The summed E-state index contributed by atoms with van der Waals surface area (Å²) < 4.78 is 32.3. The van der Waals surface area contributed by atoms with Crippen molar-refractivity contribution >= 4 is 22.9 Å². The molecule has 2 heterocycles. The van der Waals surface area contributed by atoms with Gasteiger partial charge in [0.25, 0.3) is 0 Å². The third-order valence-electron chi connectivity index (χ3n) is 9.12. The molecule has 0 radical (unpaired) electrons. The molecular weight excluding hydrogens is 530 g/mol. The van der Waals surface area contributed by atoms with Crippen LogP contribution in [-0.2, 0) is 15.6 Å². The van der Waals surface area contributed by atoms with Gasteiger partial charge in [0.15, 0.2) is 17.3 Å². The number of allylic oxidation sites excluding steroid dienone is 5. The highest BCUT2D eigenvalue weighted by Gasteiger charge is 2.47. The second-order valence-corrected chi connectivity index (χ2v) is 13.7. The van der Waals surface area contributed by atoms with Gasteiger partial charge in [-0.05, 0) is 55.9 Å². The SMILES string of the molecule is CC(C)CCN1/C(=C\C2=C([O-])C(=C\C3=[N+](CCC(C)C)c4c(F)cccc4C3(C)C)/C2=O)C(C)(C)c2cccc(F)c21. The van der Waals surface area contributed by atoms with E-state index in [0.717, 1.165) is 35.4 Å². The molecule has 0 unspecified atom stereocenters. The van der Waals surface area contributed by atoms with Gasteiger partial charge in [-0.1, -0.05) is 71.6 Å². The number of anilines is 1. The molecule has 3 aliphatic rings. The summed E-state index contributed by atoms with van der Waals surface area (Å²) in [6.45, 7) is 17.7. The number of benzene rings is 2. The zero-order chi connectivity index (χ0) is 30.7. The molecule has 0 N–H and O–H groups in total. The van der Waals surface area contributed by atoms with Gasteiger partial charge in [0.2, 0.25) is 5.69 Å². The highest BCUT2D eigenvalue weighted by Crippen LogP contribution is 2.50. The molecule has 0 fully saturated rings. The first kappa shape index (κ1) is 29.9. The molecule has 0 amide bonds. The van der Waals surface area contributed by atoms with Crippen LogP contribution in [0.1, 0.15) is 79.4 Å². The number of ketones is 1. The first-order chi connectivity index (χ1) is 19.7. The molecule has 222 valence electrons. The van der Waals surface area contributed by atoms with Gasteiger partial charge < -0.3 is 10.0 Å². The Morgan fingerprint density at radius 1 is 0.881 bits per heavy atom. The smallest absolute Gasteiger partial charge is 0.245 e. The Kier molecular flexibility index (Phi) is 7.57. The Balaban J connectivity index is 1.60. The van der Waals surface area contributed by atoms with Gasteiger partial charge in [-0.15, -0.1) is 0 Å². The summed E-state index contributed by atoms with van der Waals surface area (Å²) in [4.78, 5) is 15.6.